The smallest absolute Gasteiger partial charge is 0.123 e. The van der Waals surface area contributed by atoms with Crippen LogP contribution in [0.4, 0.5) is 4.39 Å². The van der Waals surface area contributed by atoms with Crippen molar-refractivity contribution in [1.82, 2.24) is 5.32 Å². The molecule has 0 aliphatic carbocycles. The third kappa shape index (κ3) is 4.26. The van der Waals surface area contributed by atoms with Gasteiger partial charge in [0.25, 0.3) is 0 Å². The third-order valence-corrected chi connectivity index (χ3v) is 5.25. The van der Waals surface area contributed by atoms with Crippen LogP contribution >= 0.6 is 0 Å². The average Bonchev–Trinajstić information content (AvgIpc) is 2.74. The number of morpholine rings is 1. The summed E-state index contributed by atoms with van der Waals surface area (Å²) in [5.74, 6) is 0.0562. The van der Waals surface area contributed by atoms with Crippen molar-refractivity contribution in [1.29, 1.82) is 0 Å². The second kappa shape index (κ2) is 8.47. The van der Waals surface area contributed by atoms with Gasteiger partial charge in [-0.25, -0.2) is 4.39 Å². The van der Waals surface area contributed by atoms with Gasteiger partial charge in [-0.1, -0.05) is 66.7 Å². The van der Waals surface area contributed by atoms with Crippen LogP contribution in [0.25, 0.3) is 11.1 Å². The summed E-state index contributed by atoms with van der Waals surface area (Å²) in [4.78, 5) is 0. The van der Waals surface area contributed by atoms with Crippen LogP contribution in [0.2, 0.25) is 0 Å². The van der Waals surface area contributed by atoms with Crippen molar-refractivity contribution in [2.75, 3.05) is 19.7 Å². The number of hydrogen-bond donors (Lipinski definition) is 1. The molecule has 0 amide bonds. The Hall–Kier alpha value is -2.49. The molecule has 3 aromatic rings. The minimum Gasteiger partial charge on any atom is -0.375 e. The van der Waals surface area contributed by atoms with E-state index in [1.165, 1.54) is 23.3 Å². The highest BCUT2D eigenvalue weighted by molar-refractivity contribution is 5.67. The number of nitrogens with one attached hydrogen (secondary N) is 1. The molecular formula is C24H24FNO. The molecule has 0 aromatic heterocycles. The predicted octanol–water partition coefficient (Wildman–Crippen LogP) is 4.81. The van der Waals surface area contributed by atoms with Crippen LogP contribution in [0.15, 0.2) is 78.9 Å². The maximum atomic E-state index is 13.4. The van der Waals surface area contributed by atoms with Crippen molar-refractivity contribution in [3.05, 3.63) is 95.8 Å². The Morgan fingerprint density at radius 1 is 0.926 bits per heavy atom. The second-order valence-corrected chi connectivity index (χ2v) is 7.00. The fourth-order valence-corrected chi connectivity index (χ4v) is 3.85. The van der Waals surface area contributed by atoms with E-state index >= 15 is 0 Å². The van der Waals surface area contributed by atoms with E-state index in [1.54, 1.807) is 0 Å². The van der Waals surface area contributed by atoms with E-state index in [0.29, 0.717) is 0 Å². The van der Waals surface area contributed by atoms with Crippen LogP contribution in [-0.4, -0.2) is 25.8 Å². The summed E-state index contributed by atoms with van der Waals surface area (Å²) in [5, 5.41) is 3.46. The zero-order valence-corrected chi connectivity index (χ0v) is 15.3. The molecule has 3 heteroatoms. The van der Waals surface area contributed by atoms with Crippen LogP contribution in [-0.2, 0) is 11.2 Å². The monoisotopic (exact) mass is 361 g/mol. The minimum absolute atomic E-state index is 0.141. The average molecular weight is 361 g/mol. The van der Waals surface area contributed by atoms with Crippen molar-refractivity contribution >= 4 is 0 Å². The maximum absolute atomic E-state index is 13.4. The number of benzene rings is 3. The summed E-state index contributed by atoms with van der Waals surface area (Å²) < 4.78 is 19.5. The maximum Gasteiger partial charge on any atom is 0.123 e. The molecule has 1 heterocycles. The Morgan fingerprint density at radius 2 is 1.67 bits per heavy atom. The highest BCUT2D eigenvalue weighted by Crippen LogP contribution is 2.32. The van der Waals surface area contributed by atoms with Gasteiger partial charge in [0.15, 0.2) is 0 Å². The van der Waals surface area contributed by atoms with E-state index in [1.807, 2.05) is 24.3 Å². The van der Waals surface area contributed by atoms with Crippen LogP contribution in [0.3, 0.4) is 0 Å². The largest absolute Gasteiger partial charge is 0.375 e. The summed E-state index contributed by atoms with van der Waals surface area (Å²) in [7, 11) is 0. The zero-order valence-electron chi connectivity index (χ0n) is 15.3. The molecular weight excluding hydrogens is 337 g/mol. The first-order chi connectivity index (χ1) is 13.3. The summed E-state index contributed by atoms with van der Waals surface area (Å²) in [6, 6.07) is 25.7. The second-order valence-electron chi connectivity index (χ2n) is 7.00. The molecule has 3 aromatic carbocycles. The van der Waals surface area contributed by atoms with Crippen molar-refractivity contribution in [2.24, 2.45) is 0 Å². The lowest BCUT2D eigenvalue weighted by molar-refractivity contribution is 0.0110. The summed E-state index contributed by atoms with van der Waals surface area (Å²) in [6.45, 7) is 2.51. The predicted molar refractivity (Wildman–Crippen MR) is 107 cm³/mol. The third-order valence-electron chi connectivity index (χ3n) is 5.25. The van der Waals surface area contributed by atoms with Crippen LogP contribution in [0.5, 0.6) is 0 Å². The number of rotatable bonds is 5. The molecule has 0 spiro atoms. The zero-order chi connectivity index (χ0) is 18.5. The molecule has 0 bridgehead atoms. The molecule has 2 atom stereocenters. The molecule has 1 aliphatic heterocycles. The topological polar surface area (TPSA) is 21.3 Å². The van der Waals surface area contributed by atoms with Gasteiger partial charge in [-0.15, -0.1) is 0 Å². The molecule has 1 fully saturated rings. The SMILES string of the molecule is Fc1ccc(-c2ccccc2C[C@H](c2ccccc2)C2CNCCO2)cc1. The molecule has 2 nitrogen and oxygen atoms in total. The van der Waals surface area contributed by atoms with Gasteiger partial charge in [-0.05, 0) is 40.8 Å². The van der Waals surface area contributed by atoms with Gasteiger partial charge in [0.2, 0.25) is 0 Å². The van der Waals surface area contributed by atoms with Gasteiger partial charge in [0.1, 0.15) is 5.82 Å². The summed E-state index contributed by atoms with van der Waals surface area (Å²) in [5.41, 5.74) is 4.75. The fraction of sp³-hybridized carbons (Fsp3) is 0.250. The first-order valence-electron chi connectivity index (χ1n) is 9.52. The van der Waals surface area contributed by atoms with Crippen LogP contribution in [0.1, 0.15) is 17.0 Å². The number of ether oxygens (including phenoxy) is 1. The minimum atomic E-state index is -0.208. The fourth-order valence-electron chi connectivity index (χ4n) is 3.85. The van der Waals surface area contributed by atoms with E-state index < -0.39 is 0 Å². The Kier molecular flexibility index (Phi) is 5.61. The summed E-state index contributed by atoms with van der Waals surface area (Å²) in [6.07, 6.45) is 1.02. The van der Waals surface area contributed by atoms with Crippen LogP contribution in [0, 0.1) is 5.82 Å². The molecule has 1 aliphatic rings. The van der Waals surface area contributed by atoms with E-state index in [0.717, 1.165) is 37.2 Å². The standard InChI is InChI=1S/C24H24FNO/c25-21-12-10-19(11-13-21)22-9-5-4-8-20(22)16-23(18-6-2-1-3-7-18)24-17-26-14-15-27-24/h1-13,23-24,26H,14-17H2/t23-,24?/m1/s1. The van der Waals surface area contributed by atoms with Gasteiger partial charge in [-0.3, -0.25) is 0 Å². The first-order valence-corrected chi connectivity index (χ1v) is 9.52. The van der Waals surface area contributed by atoms with Crippen molar-refractivity contribution in [3.63, 3.8) is 0 Å². The first kappa shape index (κ1) is 17.9. The Balaban J connectivity index is 1.68. The van der Waals surface area contributed by atoms with Gasteiger partial charge < -0.3 is 10.1 Å². The van der Waals surface area contributed by atoms with Crippen LogP contribution < -0.4 is 5.32 Å². The van der Waals surface area contributed by atoms with Gasteiger partial charge in [0, 0.05) is 19.0 Å². The quantitative estimate of drug-likeness (QED) is 0.704. The molecule has 138 valence electrons. The normalized spacial score (nSPS) is 18.2. The molecule has 27 heavy (non-hydrogen) atoms. The highest BCUT2D eigenvalue weighted by Gasteiger charge is 2.27. The lowest BCUT2D eigenvalue weighted by Crippen LogP contribution is -2.42. The van der Waals surface area contributed by atoms with E-state index in [-0.39, 0.29) is 17.8 Å². The molecule has 0 saturated carbocycles. The molecule has 0 radical (unpaired) electrons. The van der Waals surface area contributed by atoms with Gasteiger partial charge in [0.05, 0.1) is 12.7 Å². The Labute approximate surface area is 160 Å². The molecule has 1 saturated heterocycles. The van der Waals surface area contributed by atoms with Crippen molar-refractivity contribution in [3.8, 4) is 11.1 Å². The molecule has 1 N–H and O–H groups in total. The van der Waals surface area contributed by atoms with Gasteiger partial charge >= 0.3 is 0 Å². The van der Waals surface area contributed by atoms with Crippen molar-refractivity contribution < 1.29 is 9.13 Å². The summed E-state index contributed by atoms with van der Waals surface area (Å²) >= 11 is 0. The van der Waals surface area contributed by atoms with E-state index in [2.05, 4.69) is 47.8 Å². The van der Waals surface area contributed by atoms with Gasteiger partial charge in [-0.2, -0.15) is 0 Å². The highest BCUT2D eigenvalue weighted by atomic mass is 19.1. The Bertz CT molecular complexity index is 857. The lowest BCUT2D eigenvalue weighted by atomic mass is 9.84. The Morgan fingerprint density at radius 3 is 2.41 bits per heavy atom. The van der Waals surface area contributed by atoms with Crippen molar-refractivity contribution in [2.45, 2.75) is 18.4 Å². The van der Waals surface area contributed by atoms with E-state index in [9.17, 15) is 4.39 Å². The lowest BCUT2D eigenvalue weighted by Gasteiger charge is -2.32. The number of hydrogen-bond acceptors (Lipinski definition) is 2. The number of halogens is 1. The van der Waals surface area contributed by atoms with E-state index in [4.69, 9.17) is 4.74 Å². The molecule has 4 rings (SSSR count). The molecule has 1 unspecified atom stereocenters.